The molecule has 4 atom stereocenters. The summed E-state index contributed by atoms with van der Waals surface area (Å²) in [5.41, 5.74) is -1.57. The maximum absolute atomic E-state index is 16.2. The number of halogens is 1. The van der Waals surface area contributed by atoms with Gasteiger partial charge in [0.2, 0.25) is 17.4 Å². The van der Waals surface area contributed by atoms with E-state index in [4.69, 9.17) is 18.8 Å². The summed E-state index contributed by atoms with van der Waals surface area (Å²) in [6.45, 7) is 3.61. The summed E-state index contributed by atoms with van der Waals surface area (Å²) in [5.74, 6) is -2.40. The molecule has 0 radical (unpaired) electrons. The number of ether oxygens (including phenoxy) is 2. The number of barbiturate groups is 1. The number of fused-ring (bicyclic) bond motifs is 5. The molecule has 4 aliphatic rings. The van der Waals surface area contributed by atoms with Gasteiger partial charge < -0.3 is 23.7 Å². The molecule has 6 rings (SSSR count). The number of carbonyl (C=O) groups is 4. The van der Waals surface area contributed by atoms with E-state index in [0.717, 1.165) is 4.90 Å². The molecule has 1 aromatic carbocycles. The normalized spacial score (nSPS) is 28.4. The lowest BCUT2D eigenvalue weighted by atomic mass is 9.66. The minimum Gasteiger partial charge on any atom is -0.446 e. The molecule has 14 nitrogen and oxygen atoms in total. The second kappa shape index (κ2) is 8.37. The Morgan fingerprint density at radius 2 is 1.97 bits per heavy atom. The van der Waals surface area contributed by atoms with Gasteiger partial charge in [-0.3, -0.25) is 20.2 Å². The van der Waals surface area contributed by atoms with Crippen molar-refractivity contribution in [2.45, 2.75) is 44.6 Å². The molecule has 15 heteroatoms. The number of rotatable bonds is 3. The van der Waals surface area contributed by atoms with E-state index in [1.54, 1.807) is 18.7 Å². The van der Waals surface area contributed by atoms with Crippen LogP contribution in [-0.4, -0.2) is 79.9 Å². The highest BCUT2D eigenvalue weighted by Crippen LogP contribution is 2.50. The highest BCUT2D eigenvalue weighted by molar-refractivity contribution is 6.20. The van der Waals surface area contributed by atoms with Crippen LogP contribution in [0.1, 0.15) is 19.4 Å². The van der Waals surface area contributed by atoms with Crippen LogP contribution in [0.25, 0.3) is 11.0 Å². The van der Waals surface area contributed by atoms with Crippen molar-refractivity contribution in [3.05, 3.63) is 17.4 Å². The molecule has 0 unspecified atom stereocenters. The fourth-order valence-electron chi connectivity index (χ4n) is 6.03. The van der Waals surface area contributed by atoms with Crippen LogP contribution in [0.2, 0.25) is 0 Å². The molecule has 5 heterocycles. The summed E-state index contributed by atoms with van der Waals surface area (Å²) in [6.07, 6.45) is -0.682. The third kappa shape index (κ3) is 3.20. The van der Waals surface area contributed by atoms with Gasteiger partial charge in [0.25, 0.3) is 0 Å². The van der Waals surface area contributed by atoms with Gasteiger partial charge in [0, 0.05) is 13.0 Å². The third-order valence-electron chi connectivity index (χ3n) is 7.42. The standard InChI is InChI=1S/C23H23FN6O8/c1-9-7-29-15-11(5-23(17(29)10(2)37-9)19(31)26-21(33)27-20(23)32)4-13-16(14(15)24)38-28-18(13)30-12(6-25-35-3)8-36-22(30)34/h4,6,9-10,12,17H,5,7-8H2,1-3H3,(H2,26,27,31,32,33)/b25-6+/t9-,10+,12+,17-/m1/s1. The molecule has 5 amide bonds. The smallest absolute Gasteiger partial charge is 0.416 e. The second-order valence-corrected chi connectivity index (χ2v) is 9.67. The molecule has 0 aliphatic carbocycles. The lowest BCUT2D eigenvalue weighted by Crippen LogP contribution is -2.75. The summed E-state index contributed by atoms with van der Waals surface area (Å²) in [6, 6.07) is -1.01. The van der Waals surface area contributed by atoms with E-state index in [2.05, 4.69) is 20.9 Å². The van der Waals surface area contributed by atoms with Crippen molar-refractivity contribution in [3.63, 3.8) is 0 Å². The number of benzene rings is 1. The van der Waals surface area contributed by atoms with Crippen LogP contribution >= 0.6 is 0 Å². The quantitative estimate of drug-likeness (QED) is 0.330. The number of urea groups is 1. The monoisotopic (exact) mass is 530 g/mol. The molecule has 4 aliphatic heterocycles. The Morgan fingerprint density at radius 1 is 1.24 bits per heavy atom. The first-order valence-corrected chi connectivity index (χ1v) is 11.9. The molecule has 1 aromatic heterocycles. The molecule has 0 bridgehead atoms. The maximum atomic E-state index is 16.2. The van der Waals surface area contributed by atoms with E-state index in [0.29, 0.717) is 5.56 Å². The Kier molecular flexibility index (Phi) is 5.31. The largest absolute Gasteiger partial charge is 0.446 e. The topological polar surface area (TPSA) is 165 Å². The third-order valence-corrected chi connectivity index (χ3v) is 7.42. The maximum Gasteiger partial charge on any atom is 0.416 e. The number of nitrogens with zero attached hydrogens (tertiary/aromatic N) is 4. The molecule has 200 valence electrons. The van der Waals surface area contributed by atoms with Crippen molar-refractivity contribution < 1.29 is 42.4 Å². The van der Waals surface area contributed by atoms with Crippen LogP contribution in [0.3, 0.4) is 0 Å². The van der Waals surface area contributed by atoms with E-state index in [1.165, 1.54) is 19.4 Å². The number of carbonyl (C=O) groups excluding carboxylic acids is 4. The number of aromatic nitrogens is 1. The summed E-state index contributed by atoms with van der Waals surface area (Å²) >= 11 is 0. The van der Waals surface area contributed by atoms with Crippen molar-refractivity contribution in [3.8, 4) is 0 Å². The fraction of sp³-hybridized carbons (Fsp3) is 0.478. The van der Waals surface area contributed by atoms with E-state index in [9.17, 15) is 19.2 Å². The Balaban J connectivity index is 1.55. The first-order chi connectivity index (χ1) is 18.2. The van der Waals surface area contributed by atoms with Gasteiger partial charge in [0.15, 0.2) is 17.1 Å². The number of amides is 5. The molecular weight excluding hydrogens is 507 g/mol. The van der Waals surface area contributed by atoms with Crippen LogP contribution in [-0.2, 0) is 30.3 Å². The first kappa shape index (κ1) is 24.1. The van der Waals surface area contributed by atoms with Gasteiger partial charge in [-0.2, -0.15) is 0 Å². The van der Waals surface area contributed by atoms with Crippen molar-refractivity contribution in [2.75, 3.05) is 30.1 Å². The minimum atomic E-state index is -1.79. The summed E-state index contributed by atoms with van der Waals surface area (Å²) in [7, 11) is 1.34. The molecule has 1 spiro atoms. The number of cyclic esters (lactones) is 1. The number of hydrogen-bond acceptors (Lipinski definition) is 11. The Morgan fingerprint density at radius 3 is 2.68 bits per heavy atom. The van der Waals surface area contributed by atoms with E-state index < -0.39 is 53.4 Å². The average Bonchev–Trinajstić information content (AvgIpc) is 3.43. The molecular formula is C23H23FN6O8. The summed E-state index contributed by atoms with van der Waals surface area (Å²) in [5, 5.41) is 12.2. The number of morpholine rings is 1. The van der Waals surface area contributed by atoms with Crippen LogP contribution in [0.15, 0.2) is 15.7 Å². The summed E-state index contributed by atoms with van der Waals surface area (Å²) < 4.78 is 32.7. The lowest BCUT2D eigenvalue weighted by molar-refractivity contribution is -0.153. The zero-order chi connectivity index (χ0) is 26.9. The van der Waals surface area contributed by atoms with Gasteiger partial charge in [0.1, 0.15) is 19.8 Å². The molecule has 2 aromatic rings. The SMILES string of the molecule is CO/N=C/[C@H]1COC(=O)N1c1noc2c(F)c3c(cc12)CC1(C(=O)NC(=O)NC1=O)[C@H]1[C@H](C)O[C@H](C)CN31. The van der Waals surface area contributed by atoms with Gasteiger partial charge in [-0.1, -0.05) is 10.3 Å². The number of hydrogen-bond donors (Lipinski definition) is 2. The Hall–Kier alpha value is -4.27. The summed E-state index contributed by atoms with van der Waals surface area (Å²) in [4.78, 5) is 58.6. The minimum absolute atomic E-state index is 0.0237. The molecule has 0 saturated carbocycles. The number of imide groups is 2. The van der Waals surface area contributed by atoms with E-state index in [1.807, 2.05) is 0 Å². The van der Waals surface area contributed by atoms with Crippen molar-refractivity contribution in [2.24, 2.45) is 10.6 Å². The molecule has 3 fully saturated rings. The highest BCUT2D eigenvalue weighted by Gasteiger charge is 2.63. The van der Waals surface area contributed by atoms with Gasteiger partial charge in [0.05, 0.1) is 35.5 Å². The van der Waals surface area contributed by atoms with Crippen LogP contribution in [0.4, 0.5) is 25.5 Å². The zero-order valence-electron chi connectivity index (χ0n) is 20.5. The number of anilines is 2. The number of nitrogens with one attached hydrogen (secondary N) is 2. The second-order valence-electron chi connectivity index (χ2n) is 9.67. The molecule has 38 heavy (non-hydrogen) atoms. The molecule has 3 saturated heterocycles. The average molecular weight is 530 g/mol. The predicted octanol–water partition coefficient (Wildman–Crippen LogP) is 0.815. The van der Waals surface area contributed by atoms with Crippen LogP contribution < -0.4 is 20.4 Å². The van der Waals surface area contributed by atoms with E-state index >= 15 is 4.39 Å². The Labute approximate surface area is 214 Å². The zero-order valence-corrected chi connectivity index (χ0v) is 20.5. The van der Waals surface area contributed by atoms with Gasteiger partial charge in [-0.05, 0) is 25.5 Å². The van der Waals surface area contributed by atoms with Crippen molar-refractivity contribution in [1.29, 1.82) is 0 Å². The highest BCUT2D eigenvalue weighted by atomic mass is 19.1. The van der Waals surface area contributed by atoms with Gasteiger partial charge in [-0.25, -0.2) is 18.9 Å². The van der Waals surface area contributed by atoms with Gasteiger partial charge >= 0.3 is 12.1 Å². The van der Waals surface area contributed by atoms with Crippen LogP contribution in [0, 0.1) is 11.2 Å². The predicted molar refractivity (Wildman–Crippen MR) is 126 cm³/mol. The van der Waals surface area contributed by atoms with Crippen molar-refractivity contribution >= 4 is 52.6 Å². The van der Waals surface area contributed by atoms with Crippen molar-refractivity contribution in [1.82, 2.24) is 15.8 Å². The molecule has 2 N–H and O–H groups in total. The van der Waals surface area contributed by atoms with Gasteiger partial charge in [-0.15, -0.1) is 0 Å². The fourth-order valence-corrected chi connectivity index (χ4v) is 6.03. The van der Waals surface area contributed by atoms with E-state index in [-0.39, 0.29) is 48.2 Å². The lowest BCUT2D eigenvalue weighted by Gasteiger charge is -2.55. The first-order valence-electron chi connectivity index (χ1n) is 11.9. The van der Waals surface area contributed by atoms with Crippen LogP contribution in [0.5, 0.6) is 0 Å². The Bertz CT molecular complexity index is 1400. The number of oxime groups is 1.